The maximum atomic E-state index is 13.8. The molecule has 0 amide bonds. The van der Waals surface area contributed by atoms with Gasteiger partial charge >= 0.3 is 5.97 Å². The largest absolute Gasteiger partial charge is 0.422 e. The van der Waals surface area contributed by atoms with Crippen molar-refractivity contribution in [3.05, 3.63) is 70.8 Å². The first kappa shape index (κ1) is 15.2. The van der Waals surface area contributed by atoms with Crippen LogP contribution in [0.4, 0.5) is 4.39 Å². The summed E-state index contributed by atoms with van der Waals surface area (Å²) in [6, 6.07) is 12.4. The Morgan fingerprint density at radius 2 is 1.87 bits per heavy atom. The number of ether oxygens (including phenoxy) is 1. The van der Waals surface area contributed by atoms with Crippen LogP contribution in [-0.4, -0.2) is 21.0 Å². The van der Waals surface area contributed by atoms with E-state index in [0.717, 1.165) is 0 Å². The van der Waals surface area contributed by atoms with Crippen LogP contribution in [0.15, 0.2) is 48.5 Å². The summed E-state index contributed by atoms with van der Waals surface area (Å²) >= 11 is 5.77. The Balaban J connectivity index is 1.88. The Bertz CT molecular complexity index is 862. The quantitative estimate of drug-likeness (QED) is 0.543. The normalized spacial score (nSPS) is 10.6. The van der Waals surface area contributed by atoms with Crippen LogP contribution in [0.5, 0.6) is 5.75 Å². The van der Waals surface area contributed by atoms with E-state index in [2.05, 4.69) is 10.3 Å². The highest BCUT2D eigenvalue weighted by molar-refractivity contribution is 6.30. The number of carbonyl (C=O) groups excluding carboxylic acids is 1. The van der Waals surface area contributed by atoms with Gasteiger partial charge in [-0.25, -0.2) is 13.9 Å². The van der Waals surface area contributed by atoms with E-state index in [1.165, 1.54) is 10.7 Å². The van der Waals surface area contributed by atoms with Crippen molar-refractivity contribution in [1.29, 1.82) is 0 Å². The molecule has 3 rings (SSSR count). The summed E-state index contributed by atoms with van der Waals surface area (Å²) in [6.07, 6.45) is 0. The molecule has 1 heterocycles. The first-order valence-electron chi connectivity index (χ1n) is 6.71. The lowest BCUT2D eigenvalue weighted by Gasteiger charge is -2.05. The Hall–Kier alpha value is -2.73. The summed E-state index contributed by atoms with van der Waals surface area (Å²) in [5.41, 5.74) is 0.611. The number of benzene rings is 2. The Labute approximate surface area is 136 Å². The smallest absolute Gasteiger partial charge is 0.366 e. The first-order valence-corrected chi connectivity index (χ1v) is 7.09. The number of aromatic nitrogens is 3. The summed E-state index contributed by atoms with van der Waals surface area (Å²) in [7, 11) is 0. The lowest BCUT2D eigenvalue weighted by molar-refractivity contribution is 0.0727. The molecule has 5 nitrogen and oxygen atoms in total. The predicted octanol–water partition coefficient (Wildman–Crippen LogP) is 3.59. The predicted molar refractivity (Wildman–Crippen MR) is 82.5 cm³/mol. The fourth-order valence-electron chi connectivity index (χ4n) is 2.03. The second-order valence-corrected chi connectivity index (χ2v) is 5.17. The van der Waals surface area contributed by atoms with E-state index in [4.69, 9.17) is 16.3 Å². The SMILES string of the molecule is Cc1c(C(=O)Oc2ccc(Cl)cc2)nnn1-c1ccccc1F. The number of hydrogen-bond donors (Lipinski definition) is 0. The maximum Gasteiger partial charge on any atom is 0.366 e. The van der Waals surface area contributed by atoms with Crippen LogP contribution in [0.2, 0.25) is 5.02 Å². The van der Waals surface area contributed by atoms with E-state index in [1.54, 1.807) is 49.4 Å². The van der Waals surface area contributed by atoms with Gasteiger partial charge in [-0.05, 0) is 43.3 Å². The Kier molecular flexibility index (Phi) is 4.08. The average molecular weight is 332 g/mol. The highest BCUT2D eigenvalue weighted by Gasteiger charge is 2.20. The molecule has 0 aliphatic heterocycles. The van der Waals surface area contributed by atoms with E-state index in [0.29, 0.717) is 16.5 Å². The van der Waals surface area contributed by atoms with Crippen molar-refractivity contribution < 1.29 is 13.9 Å². The molecule has 3 aromatic rings. The maximum absolute atomic E-state index is 13.8. The van der Waals surface area contributed by atoms with Gasteiger partial charge in [0, 0.05) is 5.02 Å². The van der Waals surface area contributed by atoms with Crippen molar-refractivity contribution in [2.45, 2.75) is 6.92 Å². The fraction of sp³-hybridized carbons (Fsp3) is 0.0625. The van der Waals surface area contributed by atoms with Gasteiger partial charge in [0.05, 0.1) is 5.69 Å². The van der Waals surface area contributed by atoms with E-state index in [9.17, 15) is 9.18 Å². The lowest BCUT2D eigenvalue weighted by atomic mass is 10.3. The standard InChI is InChI=1S/C16H11ClFN3O2/c1-10-15(16(22)23-12-8-6-11(17)7-9-12)19-20-21(10)14-5-3-2-4-13(14)18/h2-9H,1H3. The van der Waals surface area contributed by atoms with E-state index < -0.39 is 11.8 Å². The van der Waals surface area contributed by atoms with Crippen molar-refractivity contribution in [3.63, 3.8) is 0 Å². The number of nitrogens with zero attached hydrogens (tertiary/aromatic N) is 3. The average Bonchev–Trinajstić information content (AvgIpc) is 2.92. The third-order valence-corrected chi connectivity index (χ3v) is 3.44. The number of halogens is 2. The van der Waals surface area contributed by atoms with Crippen LogP contribution in [0.1, 0.15) is 16.2 Å². The third kappa shape index (κ3) is 3.07. The second kappa shape index (κ2) is 6.18. The monoisotopic (exact) mass is 331 g/mol. The summed E-state index contributed by atoms with van der Waals surface area (Å²) in [5.74, 6) is -0.801. The second-order valence-electron chi connectivity index (χ2n) is 4.73. The van der Waals surface area contributed by atoms with Crippen molar-refractivity contribution in [2.24, 2.45) is 0 Å². The zero-order chi connectivity index (χ0) is 16.4. The number of hydrogen-bond acceptors (Lipinski definition) is 4. The van der Waals surface area contributed by atoms with Crippen LogP contribution in [0.25, 0.3) is 5.69 Å². The molecule has 0 saturated heterocycles. The molecule has 0 radical (unpaired) electrons. The molecule has 7 heteroatoms. The van der Waals surface area contributed by atoms with Gasteiger partial charge in [0.25, 0.3) is 0 Å². The van der Waals surface area contributed by atoms with Gasteiger partial charge in [-0.15, -0.1) is 5.10 Å². The molecule has 116 valence electrons. The zero-order valence-corrected chi connectivity index (χ0v) is 12.8. The molecule has 0 bridgehead atoms. The molecule has 0 aliphatic rings. The molecular formula is C16H11ClFN3O2. The first-order chi connectivity index (χ1) is 11.1. The minimum atomic E-state index is -0.674. The van der Waals surface area contributed by atoms with Crippen LogP contribution >= 0.6 is 11.6 Å². The van der Waals surface area contributed by atoms with Gasteiger partial charge in [0.15, 0.2) is 5.69 Å². The molecule has 23 heavy (non-hydrogen) atoms. The summed E-state index contributed by atoms with van der Waals surface area (Å²) in [4.78, 5) is 12.2. The van der Waals surface area contributed by atoms with Crippen LogP contribution < -0.4 is 4.74 Å². The molecule has 0 aliphatic carbocycles. The van der Waals surface area contributed by atoms with Crippen molar-refractivity contribution in [2.75, 3.05) is 0 Å². The van der Waals surface area contributed by atoms with Crippen LogP contribution in [-0.2, 0) is 0 Å². The summed E-state index contributed by atoms with van der Waals surface area (Å²) in [6.45, 7) is 1.62. The van der Waals surface area contributed by atoms with E-state index in [1.807, 2.05) is 0 Å². The summed E-state index contributed by atoms with van der Waals surface area (Å²) < 4.78 is 20.3. The highest BCUT2D eigenvalue weighted by Crippen LogP contribution is 2.19. The van der Waals surface area contributed by atoms with Crippen molar-refractivity contribution in [1.82, 2.24) is 15.0 Å². The van der Waals surface area contributed by atoms with Gasteiger partial charge in [-0.2, -0.15) is 0 Å². The Morgan fingerprint density at radius 3 is 2.57 bits per heavy atom. The van der Waals surface area contributed by atoms with E-state index in [-0.39, 0.29) is 11.4 Å². The molecule has 1 aromatic heterocycles. The van der Waals surface area contributed by atoms with Crippen LogP contribution in [0, 0.1) is 12.7 Å². The zero-order valence-electron chi connectivity index (χ0n) is 12.0. The van der Waals surface area contributed by atoms with Gasteiger partial charge < -0.3 is 4.74 Å². The summed E-state index contributed by atoms with van der Waals surface area (Å²) in [5, 5.41) is 8.15. The van der Waals surface area contributed by atoms with Crippen molar-refractivity contribution >= 4 is 17.6 Å². The molecule has 0 atom stereocenters. The molecular weight excluding hydrogens is 321 g/mol. The molecule has 0 fully saturated rings. The molecule has 2 aromatic carbocycles. The fourth-order valence-corrected chi connectivity index (χ4v) is 2.15. The van der Waals surface area contributed by atoms with Crippen LogP contribution in [0.3, 0.4) is 0 Å². The lowest BCUT2D eigenvalue weighted by Crippen LogP contribution is -2.11. The van der Waals surface area contributed by atoms with Gasteiger partial charge in [-0.3, -0.25) is 0 Å². The highest BCUT2D eigenvalue weighted by atomic mass is 35.5. The minimum absolute atomic E-state index is 0.0169. The molecule has 0 saturated carbocycles. The topological polar surface area (TPSA) is 57.0 Å². The van der Waals surface area contributed by atoms with Gasteiger partial charge in [0.2, 0.25) is 0 Å². The van der Waals surface area contributed by atoms with Crippen molar-refractivity contribution in [3.8, 4) is 11.4 Å². The number of rotatable bonds is 3. The number of esters is 1. The number of para-hydroxylation sites is 1. The third-order valence-electron chi connectivity index (χ3n) is 3.19. The minimum Gasteiger partial charge on any atom is -0.422 e. The van der Waals surface area contributed by atoms with E-state index >= 15 is 0 Å². The van der Waals surface area contributed by atoms with Gasteiger partial charge in [-0.1, -0.05) is 28.9 Å². The molecule has 0 N–H and O–H groups in total. The molecule has 0 unspecified atom stereocenters. The Morgan fingerprint density at radius 1 is 1.17 bits per heavy atom. The van der Waals surface area contributed by atoms with Gasteiger partial charge in [0.1, 0.15) is 17.3 Å². The number of carbonyl (C=O) groups is 1. The molecule has 0 spiro atoms.